The molecular formula is C13H15N5. The monoisotopic (exact) mass is 241 g/mol. The molecule has 0 radical (unpaired) electrons. The standard InChI is InChI=1S/C13H15N5/c14-15-12-5-6-13(17-16-12)18-8-7-10-3-1-2-4-11(10)9-18/h1-6H,7-9,14H2,(H,15,16). The van der Waals surface area contributed by atoms with Crippen molar-refractivity contribution in [3.05, 3.63) is 47.5 Å². The van der Waals surface area contributed by atoms with E-state index >= 15 is 0 Å². The Morgan fingerprint density at radius 1 is 1.06 bits per heavy atom. The quantitative estimate of drug-likeness (QED) is 0.613. The molecule has 3 N–H and O–H groups in total. The van der Waals surface area contributed by atoms with Crippen LogP contribution in [0, 0.1) is 0 Å². The third-order valence-electron chi connectivity index (χ3n) is 3.25. The molecule has 0 spiro atoms. The van der Waals surface area contributed by atoms with E-state index in [-0.39, 0.29) is 0 Å². The SMILES string of the molecule is NNc1ccc(N2CCc3ccccc3C2)nn1. The Kier molecular flexibility index (Phi) is 2.82. The molecule has 18 heavy (non-hydrogen) atoms. The van der Waals surface area contributed by atoms with Crippen LogP contribution in [0.25, 0.3) is 0 Å². The molecule has 1 aliphatic heterocycles. The van der Waals surface area contributed by atoms with Gasteiger partial charge in [-0.1, -0.05) is 24.3 Å². The van der Waals surface area contributed by atoms with Gasteiger partial charge in [-0.15, -0.1) is 10.2 Å². The molecule has 5 nitrogen and oxygen atoms in total. The maximum atomic E-state index is 5.28. The van der Waals surface area contributed by atoms with Crippen LogP contribution in [-0.2, 0) is 13.0 Å². The molecule has 0 saturated carbocycles. The molecule has 92 valence electrons. The Morgan fingerprint density at radius 3 is 2.61 bits per heavy atom. The molecule has 1 aliphatic rings. The van der Waals surface area contributed by atoms with E-state index in [2.05, 4.69) is 44.8 Å². The van der Waals surface area contributed by atoms with Gasteiger partial charge in [0.1, 0.15) is 0 Å². The third-order valence-corrected chi connectivity index (χ3v) is 3.25. The second-order valence-corrected chi connectivity index (χ2v) is 4.36. The lowest BCUT2D eigenvalue weighted by Gasteiger charge is -2.29. The van der Waals surface area contributed by atoms with E-state index < -0.39 is 0 Å². The predicted molar refractivity (Wildman–Crippen MR) is 71.0 cm³/mol. The smallest absolute Gasteiger partial charge is 0.162 e. The second kappa shape index (κ2) is 4.62. The number of benzene rings is 1. The van der Waals surface area contributed by atoms with Crippen LogP contribution in [0.5, 0.6) is 0 Å². The van der Waals surface area contributed by atoms with Gasteiger partial charge in [-0.25, -0.2) is 5.84 Å². The highest BCUT2D eigenvalue weighted by molar-refractivity contribution is 5.46. The minimum Gasteiger partial charge on any atom is -0.350 e. The van der Waals surface area contributed by atoms with E-state index in [0.29, 0.717) is 5.82 Å². The number of hydrogen-bond acceptors (Lipinski definition) is 5. The minimum absolute atomic E-state index is 0.580. The van der Waals surface area contributed by atoms with E-state index in [1.807, 2.05) is 12.1 Å². The minimum atomic E-state index is 0.580. The lowest BCUT2D eigenvalue weighted by molar-refractivity contribution is 0.713. The van der Waals surface area contributed by atoms with E-state index in [4.69, 9.17) is 5.84 Å². The average Bonchev–Trinajstić information content (AvgIpc) is 2.47. The van der Waals surface area contributed by atoms with Gasteiger partial charge in [0.25, 0.3) is 0 Å². The maximum Gasteiger partial charge on any atom is 0.162 e. The first-order chi connectivity index (χ1) is 8.86. The first-order valence-electron chi connectivity index (χ1n) is 5.99. The van der Waals surface area contributed by atoms with Crippen molar-refractivity contribution in [3.63, 3.8) is 0 Å². The van der Waals surface area contributed by atoms with E-state index in [0.717, 1.165) is 25.3 Å². The molecule has 0 atom stereocenters. The summed E-state index contributed by atoms with van der Waals surface area (Å²) < 4.78 is 0. The molecular weight excluding hydrogens is 226 g/mol. The summed E-state index contributed by atoms with van der Waals surface area (Å²) in [6, 6.07) is 12.3. The lowest BCUT2D eigenvalue weighted by Crippen LogP contribution is -2.31. The molecule has 5 heteroatoms. The van der Waals surface area contributed by atoms with Crippen molar-refractivity contribution in [2.75, 3.05) is 16.9 Å². The van der Waals surface area contributed by atoms with Gasteiger partial charge in [0.2, 0.25) is 0 Å². The van der Waals surface area contributed by atoms with Crippen LogP contribution >= 0.6 is 0 Å². The van der Waals surface area contributed by atoms with Gasteiger partial charge < -0.3 is 10.3 Å². The largest absolute Gasteiger partial charge is 0.350 e. The number of aromatic nitrogens is 2. The van der Waals surface area contributed by atoms with Crippen LogP contribution in [0.3, 0.4) is 0 Å². The Hall–Kier alpha value is -2.14. The highest BCUT2D eigenvalue weighted by Crippen LogP contribution is 2.22. The summed E-state index contributed by atoms with van der Waals surface area (Å²) in [6.45, 7) is 1.86. The summed E-state index contributed by atoms with van der Waals surface area (Å²) in [5, 5.41) is 8.18. The van der Waals surface area contributed by atoms with E-state index in [1.54, 1.807) is 0 Å². The number of nitrogens with one attached hydrogen (secondary N) is 1. The molecule has 0 bridgehead atoms. The predicted octanol–water partition coefficient (Wildman–Crippen LogP) is 1.32. The van der Waals surface area contributed by atoms with Crippen LogP contribution in [0.4, 0.5) is 11.6 Å². The van der Waals surface area contributed by atoms with Gasteiger partial charge >= 0.3 is 0 Å². The first kappa shape index (κ1) is 11.0. The second-order valence-electron chi connectivity index (χ2n) is 4.36. The number of nitrogens with zero attached hydrogens (tertiary/aromatic N) is 3. The van der Waals surface area contributed by atoms with Gasteiger partial charge in [0, 0.05) is 13.1 Å². The third kappa shape index (κ3) is 2.00. The lowest BCUT2D eigenvalue weighted by atomic mass is 10.00. The first-order valence-corrected chi connectivity index (χ1v) is 5.99. The van der Waals surface area contributed by atoms with Crippen LogP contribution in [-0.4, -0.2) is 16.7 Å². The Morgan fingerprint density at radius 2 is 1.89 bits per heavy atom. The zero-order valence-corrected chi connectivity index (χ0v) is 10.0. The molecule has 0 fully saturated rings. The van der Waals surface area contributed by atoms with Crippen LogP contribution in [0.2, 0.25) is 0 Å². The maximum absolute atomic E-state index is 5.28. The number of nitrogens with two attached hydrogens (primary N) is 1. The summed E-state index contributed by atoms with van der Waals surface area (Å²) >= 11 is 0. The number of rotatable bonds is 2. The highest BCUT2D eigenvalue weighted by Gasteiger charge is 2.16. The van der Waals surface area contributed by atoms with Crippen molar-refractivity contribution in [2.45, 2.75) is 13.0 Å². The molecule has 1 aromatic heterocycles. The van der Waals surface area contributed by atoms with E-state index in [1.165, 1.54) is 11.1 Å². The van der Waals surface area contributed by atoms with Crippen LogP contribution < -0.4 is 16.2 Å². The van der Waals surface area contributed by atoms with Gasteiger partial charge in [-0.3, -0.25) is 0 Å². The zero-order valence-electron chi connectivity index (χ0n) is 10.0. The molecule has 2 aromatic rings. The molecule has 0 unspecified atom stereocenters. The number of anilines is 2. The van der Waals surface area contributed by atoms with Crippen LogP contribution in [0.1, 0.15) is 11.1 Å². The number of fused-ring (bicyclic) bond motifs is 1. The zero-order chi connectivity index (χ0) is 12.4. The Bertz CT molecular complexity index is 537. The summed E-state index contributed by atoms with van der Waals surface area (Å²) in [5.41, 5.74) is 5.28. The molecule has 2 heterocycles. The summed E-state index contributed by atoms with van der Waals surface area (Å²) in [4.78, 5) is 2.23. The van der Waals surface area contributed by atoms with E-state index in [9.17, 15) is 0 Å². The molecule has 0 aliphatic carbocycles. The van der Waals surface area contributed by atoms with Crippen molar-refractivity contribution in [1.29, 1.82) is 0 Å². The van der Waals surface area contributed by atoms with Gasteiger partial charge in [0.15, 0.2) is 11.6 Å². The molecule has 3 rings (SSSR count). The van der Waals surface area contributed by atoms with Gasteiger partial charge in [-0.05, 0) is 29.7 Å². The van der Waals surface area contributed by atoms with Crippen molar-refractivity contribution < 1.29 is 0 Å². The van der Waals surface area contributed by atoms with Crippen molar-refractivity contribution in [3.8, 4) is 0 Å². The topological polar surface area (TPSA) is 67.1 Å². The summed E-state index contributed by atoms with van der Waals surface area (Å²) in [6.07, 6.45) is 1.05. The van der Waals surface area contributed by atoms with Gasteiger partial charge in [0.05, 0.1) is 0 Å². The molecule has 0 amide bonds. The Labute approximate surface area is 106 Å². The van der Waals surface area contributed by atoms with Crippen molar-refractivity contribution >= 4 is 11.6 Å². The summed E-state index contributed by atoms with van der Waals surface area (Å²) in [7, 11) is 0. The fourth-order valence-corrected chi connectivity index (χ4v) is 2.26. The fourth-order valence-electron chi connectivity index (χ4n) is 2.26. The van der Waals surface area contributed by atoms with Gasteiger partial charge in [-0.2, -0.15) is 0 Å². The Balaban J connectivity index is 1.82. The molecule has 0 saturated heterocycles. The number of hydrazine groups is 1. The number of hydrogen-bond donors (Lipinski definition) is 2. The average molecular weight is 241 g/mol. The van der Waals surface area contributed by atoms with Crippen LogP contribution in [0.15, 0.2) is 36.4 Å². The summed E-state index contributed by atoms with van der Waals surface area (Å²) in [5.74, 6) is 6.75. The van der Waals surface area contributed by atoms with Crippen molar-refractivity contribution in [2.24, 2.45) is 5.84 Å². The van der Waals surface area contributed by atoms with Crippen molar-refractivity contribution in [1.82, 2.24) is 10.2 Å². The highest BCUT2D eigenvalue weighted by atomic mass is 15.3. The molecule has 1 aromatic carbocycles. The number of nitrogen functional groups attached to an aromatic ring is 1. The normalized spacial score (nSPS) is 14.2. The fraction of sp³-hybridized carbons (Fsp3) is 0.231.